The molecule has 1 aromatic carbocycles. The van der Waals surface area contributed by atoms with Crippen LogP contribution < -0.4 is 11.3 Å². The summed E-state index contributed by atoms with van der Waals surface area (Å²) in [5.74, 6) is 4.68. The van der Waals surface area contributed by atoms with Gasteiger partial charge in [-0.3, -0.25) is 5.84 Å². The zero-order valence-corrected chi connectivity index (χ0v) is 8.22. The van der Waals surface area contributed by atoms with Crippen molar-refractivity contribution in [1.29, 1.82) is 0 Å². The molecule has 5 nitrogen and oxygen atoms in total. The van der Waals surface area contributed by atoms with Gasteiger partial charge in [-0.2, -0.15) is 0 Å². The number of ether oxygens (including phenoxy) is 1. The molecule has 0 saturated carbocycles. The molecule has 1 atom stereocenters. The predicted molar refractivity (Wildman–Crippen MR) is 54.7 cm³/mol. The topological polar surface area (TPSA) is 84.6 Å². The molecule has 0 saturated heterocycles. The van der Waals surface area contributed by atoms with Crippen LogP contribution >= 0.6 is 0 Å². The summed E-state index contributed by atoms with van der Waals surface area (Å²) < 4.78 is 4.99. The van der Waals surface area contributed by atoms with Gasteiger partial charge in [0, 0.05) is 13.0 Å². The number of nitrogens with one attached hydrogen (secondary N) is 1. The normalized spacial score (nSPS) is 12.1. The van der Waals surface area contributed by atoms with Gasteiger partial charge in [-0.15, -0.1) is 0 Å². The molecule has 5 heteroatoms. The van der Waals surface area contributed by atoms with Gasteiger partial charge < -0.3 is 9.84 Å². The number of carbonyl (C=O) groups is 1. The first-order valence-corrected chi connectivity index (χ1v) is 4.61. The van der Waals surface area contributed by atoms with E-state index in [0.29, 0.717) is 5.56 Å². The first kappa shape index (κ1) is 11.6. The van der Waals surface area contributed by atoms with Crippen LogP contribution in [0, 0.1) is 0 Å². The summed E-state index contributed by atoms with van der Waals surface area (Å²) in [5.41, 5.74) is 2.75. The van der Waals surface area contributed by atoms with E-state index < -0.39 is 12.2 Å². The lowest BCUT2D eigenvalue weighted by Gasteiger charge is -2.15. The van der Waals surface area contributed by atoms with Crippen LogP contribution in [0.4, 0.5) is 0 Å². The van der Waals surface area contributed by atoms with Crippen molar-refractivity contribution >= 4 is 5.97 Å². The van der Waals surface area contributed by atoms with Crippen molar-refractivity contribution in [3.05, 3.63) is 35.9 Å². The summed E-state index contributed by atoms with van der Waals surface area (Å²) in [4.78, 5) is 11.5. The Hall–Kier alpha value is -1.43. The maximum Gasteiger partial charge on any atom is 0.339 e. The number of rotatable bonds is 5. The van der Waals surface area contributed by atoms with Gasteiger partial charge in [0.2, 0.25) is 0 Å². The standard InChI is InChI=1S/C10H14N2O3/c11-12-9(6-7-13)15-10(14)8-4-2-1-3-5-8/h1-5,9,12-13H,6-7,11H2. The Morgan fingerprint density at radius 1 is 1.47 bits per heavy atom. The second-order valence-corrected chi connectivity index (χ2v) is 2.94. The minimum atomic E-state index is -0.664. The number of aliphatic hydroxyl groups excluding tert-OH is 1. The Morgan fingerprint density at radius 2 is 2.13 bits per heavy atom. The molecule has 0 spiro atoms. The minimum Gasteiger partial charge on any atom is -0.442 e. The van der Waals surface area contributed by atoms with E-state index >= 15 is 0 Å². The summed E-state index contributed by atoms with van der Waals surface area (Å²) in [6, 6.07) is 8.59. The van der Waals surface area contributed by atoms with Gasteiger partial charge in [0.15, 0.2) is 6.23 Å². The molecule has 0 aliphatic rings. The maximum absolute atomic E-state index is 11.5. The Kier molecular flexibility index (Phi) is 4.76. The smallest absolute Gasteiger partial charge is 0.339 e. The van der Waals surface area contributed by atoms with E-state index in [4.69, 9.17) is 15.7 Å². The van der Waals surface area contributed by atoms with E-state index in [0.717, 1.165) is 0 Å². The predicted octanol–water partition coefficient (Wildman–Crippen LogP) is 0.0152. The second kappa shape index (κ2) is 6.13. The van der Waals surface area contributed by atoms with Crippen molar-refractivity contribution in [2.45, 2.75) is 12.6 Å². The molecule has 0 radical (unpaired) electrons. The Morgan fingerprint density at radius 3 is 2.67 bits per heavy atom. The quantitative estimate of drug-likeness (QED) is 0.276. The molecule has 1 unspecified atom stereocenters. The lowest BCUT2D eigenvalue weighted by molar-refractivity contribution is 0.0145. The molecule has 0 heterocycles. The van der Waals surface area contributed by atoms with Gasteiger partial charge in [-0.05, 0) is 12.1 Å². The number of hydrogen-bond donors (Lipinski definition) is 3. The fourth-order valence-electron chi connectivity index (χ4n) is 1.07. The van der Waals surface area contributed by atoms with Crippen molar-refractivity contribution in [2.75, 3.05) is 6.61 Å². The zero-order valence-electron chi connectivity index (χ0n) is 8.22. The molecule has 4 N–H and O–H groups in total. The Bertz CT molecular complexity index is 303. The van der Waals surface area contributed by atoms with Crippen LogP contribution in [0.1, 0.15) is 16.8 Å². The molecule has 1 aromatic rings. The highest BCUT2D eigenvalue weighted by atomic mass is 16.6. The van der Waals surface area contributed by atoms with Crippen molar-refractivity contribution in [2.24, 2.45) is 5.84 Å². The lowest BCUT2D eigenvalue weighted by Crippen LogP contribution is -2.39. The van der Waals surface area contributed by atoms with Gasteiger partial charge >= 0.3 is 5.97 Å². The molecule has 0 amide bonds. The third-order valence-electron chi connectivity index (χ3n) is 1.84. The van der Waals surface area contributed by atoms with Crippen LogP contribution in [0.3, 0.4) is 0 Å². The van der Waals surface area contributed by atoms with Crippen molar-refractivity contribution in [3.8, 4) is 0 Å². The number of nitrogens with two attached hydrogens (primary N) is 1. The lowest BCUT2D eigenvalue weighted by atomic mass is 10.2. The van der Waals surface area contributed by atoms with E-state index in [-0.39, 0.29) is 13.0 Å². The van der Waals surface area contributed by atoms with Crippen LogP contribution in [-0.4, -0.2) is 23.9 Å². The number of esters is 1. The van der Waals surface area contributed by atoms with E-state index in [2.05, 4.69) is 5.43 Å². The Balaban J connectivity index is 2.55. The van der Waals surface area contributed by atoms with Crippen LogP contribution in [0.15, 0.2) is 30.3 Å². The number of aliphatic hydroxyl groups is 1. The van der Waals surface area contributed by atoms with Crippen molar-refractivity contribution in [3.63, 3.8) is 0 Å². The van der Waals surface area contributed by atoms with Crippen LogP contribution in [0.2, 0.25) is 0 Å². The van der Waals surface area contributed by atoms with E-state index in [1.807, 2.05) is 6.07 Å². The highest BCUT2D eigenvalue weighted by Gasteiger charge is 2.13. The molecule has 1 rings (SSSR count). The van der Waals surface area contributed by atoms with E-state index in [1.165, 1.54) is 0 Å². The highest BCUT2D eigenvalue weighted by Crippen LogP contribution is 2.03. The number of benzene rings is 1. The molecule has 82 valence electrons. The summed E-state index contributed by atoms with van der Waals surface area (Å²) >= 11 is 0. The average molecular weight is 210 g/mol. The van der Waals surface area contributed by atoms with Crippen LogP contribution in [0.5, 0.6) is 0 Å². The highest BCUT2D eigenvalue weighted by molar-refractivity contribution is 5.89. The monoisotopic (exact) mass is 210 g/mol. The summed E-state index contributed by atoms with van der Waals surface area (Å²) in [7, 11) is 0. The molecule has 0 aliphatic carbocycles. The van der Waals surface area contributed by atoms with Gasteiger partial charge in [0.25, 0.3) is 0 Å². The van der Waals surface area contributed by atoms with E-state index in [1.54, 1.807) is 24.3 Å². The van der Waals surface area contributed by atoms with Gasteiger partial charge in [0.1, 0.15) is 0 Å². The zero-order chi connectivity index (χ0) is 11.1. The molecule has 0 bridgehead atoms. The third-order valence-corrected chi connectivity index (χ3v) is 1.84. The molecule has 0 aliphatic heterocycles. The largest absolute Gasteiger partial charge is 0.442 e. The molecule has 15 heavy (non-hydrogen) atoms. The molecule has 0 fully saturated rings. The van der Waals surface area contributed by atoms with Gasteiger partial charge in [0.05, 0.1) is 5.56 Å². The fraction of sp³-hybridized carbons (Fsp3) is 0.300. The fourth-order valence-corrected chi connectivity index (χ4v) is 1.07. The molecule has 0 aromatic heterocycles. The van der Waals surface area contributed by atoms with E-state index in [9.17, 15) is 4.79 Å². The first-order chi connectivity index (χ1) is 7.27. The van der Waals surface area contributed by atoms with Gasteiger partial charge in [-0.25, -0.2) is 10.2 Å². The Labute approximate surface area is 87.8 Å². The summed E-state index contributed by atoms with van der Waals surface area (Å²) in [6.45, 7) is -0.100. The number of hydrazine groups is 1. The summed E-state index contributed by atoms with van der Waals surface area (Å²) in [5, 5.41) is 8.66. The third kappa shape index (κ3) is 3.67. The number of hydrogen-bond acceptors (Lipinski definition) is 5. The average Bonchev–Trinajstić information content (AvgIpc) is 2.29. The van der Waals surface area contributed by atoms with Gasteiger partial charge in [-0.1, -0.05) is 18.2 Å². The molecular formula is C10H14N2O3. The second-order valence-electron chi connectivity index (χ2n) is 2.94. The first-order valence-electron chi connectivity index (χ1n) is 4.61. The maximum atomic E-state index is 11.5. The van der Waals surface area contributed by atoms with Crippen molar-refractivity contribution < 1.29 is 14.6 Å². The van der Waals surface area contributed by atoms with Crippen LogP contribution in [0.25, 0.3) is 0 Å². The SMILES string of the molecule is NNC(CCO)OC(=O)c1ccccc1. The van der Waals surface area contributed by atoms with Crippen molar-refractivity contribution in [1.82, 2.24) is 5.43 Å². The summed E-state index contributed by atoms with van der Waals surface area (Å²) in [6.07, 6.45) is -0.405. The molecular weight excluding hydrogens is 196 g/mol. The number of carbonyl (C=O) groups excluding carboxylic acids is 1. The van der Waals surface area contributed by atoms with Crippen LogP contribution in [-0.2, 0) is 4.74 Å². The minimum absolute atomic E-state index is 0.100.